The smallest absolute Gasteiger partial charge is 0.317 e. The van der Waals surface area contributed by atoms with Crippen LogP contribution >= 0.6 is 0 Å². The number of aromatic nitrogens is 2. The second-order valence-electron chi connectivity index (χ2n) is 4.73. The molecule has 1 aromatic heterocycles. The van der Waals surface area contributed by atoms with Crippen LogP contribution in [0.3, 0.4) is 0 Å². The van der Waals surface area contributed by atoms with Gasteiger partial charge in [0, 0.05) is 32.0 Å². The minimum absolute atomic E-state index is 0.167. The fourth-order valence-corrected chi connectivity index (χ4v) is 1.99. The van der Waals surface area contributed by atoms with Crippen molar-refractivity contribution in [3.05, 3.63) is 18.7 Å². The number of hydrogen-bond acceptors (Lipinski definition) is 3. The highest BCUT2D eigenvalue weighted by Crippen LogP contribution is 2.29. The maximum Gasteiger partial charge on any atom is 0.317 e. The number of aryl methyl sites for hydroxylation is 1. The van der Waals surface area contributed by atoms with E-state index in [-0.39, 0.29) is 6.54 Å². The first-order valence-electron chi connectivity index (χ1n) is 6.14. The zero-order chi connectivity index (χ0) is 12.1. The van der Waals surface area contributed by atoms with Crippen molar-refractivity contribution in [2.45, 2.75) is 25.8 Å². The summed E-state index contributed by atoms with van der Waals surface area (Å²) in [6.45, 7) is 2.86. The van der Waals surface area contributed by atoms with Crippen LogP contribution in [-0.2, 0) is 11.3 Å². The molecule has 17 heavy (non-hydrogen) atoms. The van der Waals surface area contributed by atoms with E-state index in [9.17, 15) is 4.79 Å². The highest BCUT2D eigenvalue weighted by Gasteiger charge is 2.24. The molecule has 1 fully saturated rings. The number of rotatable bonds is 8. The van der Waals surface area contributed by atoms with Gasteiger partial charge in [-0.05, 0) is 25.2 Å². The third-order valence-electron chi connectivity index (χ3n) is 3.02. The number of carboxylic acids is 1. The van der Waals surface area contributed by atoms with E-state index < -0.39 is 5.97 Å². The monoisotopic (exact) mass is 237 g/mol. The average Bonchev–Trinajstić information content (AvgIpc) is 2.92. The van der Waals surface area contributed by atoms with Crippen molar-refractivity contribution in [2.24, 2.45) is 5.92 Å². The molecule has 5 nitrogen and oxygen atoms in total. The summed E-state index contributed by atoms with van der Waals surface area (Å²) in [6, 6.07) is 0. The van der Waals surface area contributed by atoms with Crippen molar-refractivity contribution in [1.82, 2.24) is 14.5 Å². The minimum Gasteiger partial charge on any atom is -0.480 e. The molecule has 1 heterocycles. The third kappa shape index (κ3) is 4.56. The van der Waals surface area contributed by atoms with Crippen molar-refractivity contribution in [1.29, 1.82) is 0 Å². The Morgan fingerprint density at radius 2 is 2.35 bits per heavy atom. The maximum atomic E-state index is 10.7. The molecule has 5 heteroatoms. The molecular formula is C12H19N3O2. The SMILES string of the molecule is O=C(O)CN(CCCn1ccnc1)CC1CC1. The summed E-state index contributed by atoms with van der Waals surface area (Å²) in [7, 11) is 0. The Hall–Kier alpha value is -1.36. The summed E-state index contributed by atoms with van der Waals surface area (Å²) < 4.78 is 2.02. The summed E-state index contributed by atoms with van der Waals surface area (Å²) in [6.07, 6.45) is 8.98. The molecule has 0 unspecified atom stereocenters. The van der Waals surface area contributed by atoms with Crippen LogP contribution in [0.25, 0.3) is 0 Å². The number of carbonyl (C=O) groups is 1. The number of aliphatic carboxylic acids is 1. The Bertz CT molecular complexity index is 347. The highest BCUT2D eigenvalue weighted by molar-refractivity contribution is 5.69. The van der Waals surface area contributed by atoms with Gasteiger partial charge in [0.05, 0.1) is 12.9 Å². The van der Waals surface area contributed by atoms with Crippen LogP contribution in [0.4, 0.5) is 0 Å². The van der Waals surface area contributed by atoms with Crippen LogP contribution in [0.5, 0.6) is 0 Å². The normalized spacial score (nSPS) is 15.4. The quantitative estimate of drug-likeness (QED) is 0.734. The molecule has 0 atom stereocenters. The summed E-state index contributed by atoms with van der Waals surface area (Å²) in [5, 5.41) is 8.84. The Balaban J connectivity index is 1.70. The zero-order valence-electron chi connectivity index (χ0n) is 9.96. The molecular weight excluding hydrogens is 218 g/mol. The molecule has 0 saturated heterocycles. The van der Waals surface area contributed by atoms with E-state index >= 15 is 0 Å². The first-order chi connectivity index (χ1) is 8.24. The number of imidazole rings is 1. The van der Waals surface area contributed by atoms with Gasteiger partial charge in [0.2, 0.25) is 0 Å². The van der Waals surface area contributed by atoms with E-state index in [2.05, 4.69) is 9.88 Å². The Kier molecular flexibility index (Phi) is 4.14. The molecule has 0 bridgehead atoms. The second kappa shape index (κ2) is 5.82. The van der Waals surface area contributed by atoms with Crippen molar-refractivity contribution >= 4 is 5.97 Å². The van der Waals surface area contributed by atoms with Crippen LogP contribution in [0, 0.1) is 5.92 Å². The van der Waals surface area contributed by atoms with Gasteiger partial charge in [-0.2, -0.15) is 0 Å². The molecule has 1 N–H and O–H groups in total. The molecule has 2 rings (SSSR count). The third-order valence-corrected chi connectivity index (χ3v) is 3.02. The van der Waals surface area contributed by atoms with Crippen LogP contribution in [0.2, 0.25) is 0 Å². The van der Waals surface area contributed by atoms with E-state index in [1.54, 1.807) is 12.5 Å². The van der Waals surface area contributed by atoms with Crippen LogP contribution in [-0.4, -0.2) is 45.2 Å². The van der Waals surface area contributed by atoms with Gasteiger partial charge in [-0.1, -0.05) is 0 Å². The number of carboxylic acid groups (broad SMARTS) is 1. The maximum absolute atomic E-state index is 10.7. The fourth-order valence-electron chi connectivity index (χ4n) is 1.99. The largest absolute Gasteiger partial charge is 0.480 e. The van der Waals surface area contributed by atoms with Crippen molar-refractivity contribution in [3.63, 3.8) is 0 Å². The summed E-state index contributed by atoms with van der Waals surface area (Å²) in [4.78, 5) is 16.8. The van der Waals surface area contributed by atoms with Crippen LogP contribution in [0.15, 0.2) is 18.7 Å². The fraction of sp³-hybridized carbons (Fsp3) is 0.667. The van der Waals surface area contributed by atoms with Crippen molar-refractivity contribution in [2.75, 3.05) is 19.6 Å². The first-order valence-corrected chi connectivity index (χ1v) is 6.14. The average molecular weight is 237 g/mol. The lowest BCUT2D eigenvalue weighted by Gasteiger charge is -2.19. The first kappa shape index (κ1) is 12.1. The Morgan fingerprint density at radius 1 is 1.53 bits per heavy atom. The van der Waals surface area contributed by atoms with Gasteiger partial charge in [-0.3, -0.25) is 9.69 Å². The summed E-state index contributed by atoms with van der Waals surface area (Å²) >= 11 is 0. The van der Waals surface area contributed by atoms with Crippen molar-refractivity contribution in [3.8, 4) is 0 Å². The molecule has 1 aliphatic rings. The van der Waals surface area contributed by atoms with E-state index in [0.29, 0.717) is 0 Å². The molecule has 0 spiro atoms. The standard InChI is InChI=1S/C12H19N3O2/c16-12(17)9-15(8-11-2-3-11)6-1-5-14-7-4-13-10-14/h4,7,10-11H,1-3,5-6,8-9H2,(H,16,17). The predicted molar refractivity (Wildman–Crippen MR) is 63.6 cm³/mol. The van der Waals surface area contributed by atoms with Crippen LogP contribution in [0.1, 0.15) is 19.3 Å². The van der Waals surface area contributed by atoms with E-state index in [1.165, 1.54) is 12.8 Å². The topological polar surface area (TPSA) is 58.4 Å². The molecule has 0 radical (unpaired) electrons. The van der Waals surface area contributed by atoms with Gasteiger partial charge >= 0.3 is 5.97 Å². The van der Waals surface area contributed by atoms with E-state index in [1.807, 2.05) is 10.8 Å². The molecule has 94 valence electrons. The lowest BCUT2D eigenvalue weighted by molar-refractivity contribution is -0.138. The van der Waals surface area contributed by atoms with Gasteiger partial charge < -0.3 is 9.67 Å². The minimum atomic E-state index is -0.728. The Morgan fingerprint density at radius 3 is 2.94 bits per heavy atom. The number of nitrogens with zero attached hydrogens (tertiary/aromatic N) is 3. The van der Waals surface area contributed by atoms with Gasteiger partial charge in [-0.15, -0.1) is 0 Å². The molecule has 1 saturated carbocycles. The van der Waals surface area contributed by atoms with Gasteiger partial charge in [-0.25, -0.2) is 4.98 Å². The molecule has 1 aliphatic carbocycles. The Labute approximate surface area is 101 Å². The van der Waals surface area contributed by atoms with E-state index in [0.717, 1.165) is 32.0 Å². The summed E-state index contributed by atoms with van der Waals surface area (Å²) in [5.41, 5.74) is 0. The second-order valence-corrected chi connectivity index (χ2v) is 4.73. The van der Waals surface area contributed by atoms with E-state index in [4.69, 9.17) is 5.11 Å². The zero-order valence-corrected chi connectivity index (χ0v) is 9.96. The molecule has 0 amide bonds. The predicted octanol–water partition coefficient (Wildman–Crippen LogP) is 1.07. The summed E-state index contributed by atoms with van der Waals surface area (Å²) in [5.74, 6) is 0.0101. The molecule has 0 aliphatic heterocycles. The number of hydrogen-bond donors (Lipinski definition) is 1. The highest BCUT2D eigenvalue weighted by atomic mass is 16.4. The van der Waals surface area contributed by atoms with Gasteiger partial charge in [0.25, 0.3) is 0 Å². The molecule has 0 aromatic carbocycles. The van der Waals surface area contributed by atoms with Crippen molar-refractivity contribution < 1.29 is 9.90 Å². The van der Waals surface area contributed by atoms with Gasteiger partial charge in [0.1, 0.15) is 0 Å². The lowest BCUT2D eigenvalue weighted by Crippen LogP contribution is -2.33. The van der Waals surface area contributed by atoms with Gasteiger partial charge in [0.15, 0.2) is 0 Å². The molecule has 1 aromatic rings. The lowest BCUT2D eigenvalue weighted by atomic mass is 10.3. The van der Waals surface area contributed by atoms with Crippen LogP contribution < -0.4 is 0 Å².